The Balaban J connectivity index is 1.95. The van der Waals surface area contributed by atoms with Crippen molar-refractivity contribution in [1.29, 1.82) is 0 Å². The highest BCUT2D eigenvalue weighted by Gasteiger charge is 2.37. The maximum Gasteiger partial charge on any atom is 0.337 e. The summed E-state index contributed by atoms with van der Waals surface area (Å²) in [6.45, 7) is 1.91. The zero-order valence-corrected chi connectivity index (χ0v) is 10.9. The largest absolute Gasteiger partial charge is 0.478 e. The van der Waals surface area contributed by atoms with Crippen molar-refractivity contribution in [3.8, 4) is 0 Å². The minimum atomic E-state index is -0.899. The number of rotatable bonds is 2. The monoisotopic (exact) mass is 265 g/mol. The SMILES string of the molecule is O=C(O)c1cccc(Cl)c1N1CC2CCCC2C1. The lowest BCUT2D eigenvalue weighted by Gasteiger charge is -2.22. The molecule has 1 aromatic rings. The highest BCUT2D eigenvalue weighted by Crippen LogP contribution is 2.42. The van der Waals surface area contributed by atoms with Crippen LogP contribution in [0.5, 0.6) is 0 Å². The van der Waals surface area contributed by atoms with Gasteiger partial charge in [-0.1, -0.05) is 24.1 Å². The van der Waals surface area contributed by atoms with Gasteiger partial charge in [0.15, 0.2) is 0 Å². The first-order chi connectivity index (χ1) is 8.66. The second kappa shape index (κ2) is 4.47. The number of para-hydroxylation sites is 1. The Bertz CT molecular complexity index is 477. The van der Waals surface area contributed by atoms with E-state index in [4.69, 9.17) is 11.6 Å². The molecule has 2 atom stereocenters. The van der Waals surface area contributed by atoms with E-state index < -0.39 is 5.97 Å². The molecule has 1 aliphatic carbocycles. The van der Waals surface area contributed by atoms with Gasteiger partial charge in [-0.15, -0.1) is 0 Å². The first kappa shape index (κ1) is 11.8. The smallest absolute Gasteiger partial charge is 0.337 e. The van der Waals surface area contributed by atoms with E-state index in [9.17, 15) is 9.90 Å². The van der Waals surface area contributed by atoms with Crippen molar-refractivity contribution in [3.05, 3.63) is 28.8 Å². The van der Waals surface area contributed by atoms with Crippen LogP contribution in [0.3, 0.4) is 0 Å². The molecule has 1 saturated heterocycles. The first-order valence-corrected chi connectivity index (χ1v) is 6.81. The average molecular weight is 266 g/mol. The second-order valence-electron chi connectivity index (χ2n) is 5.30. The molecule has 18 heavy (non-hydrogen) atoms. The zero-order chi connectivity index (χ0) is 12.7. The first-order valence-electron chi connectivity index (χ1n) is 6.43. The Kier molecular flexibility index (Phi) is 2.94. The molecule has 1 aromatic carbocycles. The fourth-order valence-electron chi connectivity index (χ4n) is 3.43. The van der Waals surface area contributed by atoms with E-state index in [2.05, 4.69) is 4.90 Å². The molecule has 96 valence electrons. The molecular weight excluding hydrogens is 250 g/mol. The Hall–Kier alpha value is -1.22. The number of benzene rings is 1. The lowest BCUT2D eigenvalue weighted by Crippen LogP contribution is -2.23. The maximum atomic E-state index is 11.3. The third-order valence-electron chi connectivity index (χ3n) is 4.26. The van der Waals surface area contributed by atoms with E-state index in [1.54, 1.807) is 18.2 Å². The zero-order valence-electron chi connectivity index (χ0n) is 10.1. The summed E-state index contributed by atoms with van der Waals surface area (Å²) in [4.78, 5) is 13.5. The third-order valence-corrected chi connectivity index (χ3v) is 4.56. The number of hydrogen-bond acceptors (Lipinski definition) is 2. The molecule has 2 unspecified atom stereocenters. The molecule has 1 saturated carbocycles. The quantitative estimate of drug-likeness (QED) is 0.892. The molecule has 1 aliphatic heterocycles. The van der Waals surface area contributed by atoms with Crippen molar-refractivity contribution in [2.24, 2.45) is 11.8 Å². The van der Waals surface area contributed by atoms with Crippen LogP contribution in [0.2, 0.25) is 5.02 Å². The van der Waals surface area contributed by atoms with E-state index in [0.717, 1.165) is 24.9 Å². The summed E-state index contributed by atoms with van der Waals surface area (Å²) in [6.07, 6.45) is 3.86. The summed E-state index contributed by atoms with van der Waals surface area (Å²) in [5.74, 6) is 0.551. The van der Waals surface area contributed by atoms with Crippen LogP contribution >= 0.6 is 11.6 Å². The minimum absolute atomic E-state index is 0.322. The number of fused-ring (bicyclic) bond motifs is 1. The van der Waals surface area contributed by atoms with Crippen LogP contribution in [0, 0.1) is 11.8 Å². The van der Waals surface area contributed by atoms with Crippen LogP contribution < -0.4 is 4.90 Å². The van der Waals surface area contributed by atoms with E-state index in [1.165, 1.54) is 19.3 Å². The van der Waals surface area contributed by atoms with Gasteiger partial charge in [0.25, 0.3) is 0 Å². The van der Waals surface area contributed by atoms with Gasteiger partial charge in [0.2, 0.25) is 0 Å². The molecule has 1 heterocycles. The summed E-state index contributed by atoms with van der Waals surface area (Å²) >= 11 is 6.21. The summed E-state index contributed by atoms with van der Waals surface area (Å²) in [6, 6.07) is 5.11. The predicted molar refractivity (Wildman–Crippen MR) is 71.5 cm³/mol. The Labute approximate surface area is 111 Å². The van der Waals surface area contributed by atoms with Gasteiger partial charge in [0.05, 0.1) is 16.3 Å². The topological polar surface area (TPSA) is 40.5 Å². The standard InChI is InChI=1S/C14H16ClNO2/c15-12-6-2-5-11(14(17)18)13(12)16-7-9-3-1-4-10(9)8-16/h2,5-6,9-10H,1,3-4,7-8H2,(H,17,18). The van der Waals surface area contributed by atoms with Gasteiger partial charge in [-0.3, -0.25) is 0 Å². The molecule has 1 N–H and O–H groups in total. The molecule has 0 bridgehead atoms. The van der Waals surface area contributed by atoms with Gasteiger partial charge < -0.3 is 10.0 Å². The number of aromatic carboxylic acids is 1. The Morgan fingerprint density at radius 3 is 2.56 bits per heavy atom. The van der Waals surface area contributed by atoms with Gasteiger partial charge in [0, 0.05) is 13.1 Å². The van der Waals surface area contributed by atoms with Crippen LogP contribution in [0.1, 0.15) is 29.6 Å². The number of carbonyl (C=O) groups is 1. The van der Waals surface area contributed by atoms with Crippen molar-refractivity contribution in [1.82, 2.24) is 0 Å². The van der Waals surface area contributed by atoms with Gasteiger partial charge >= 0.3 is 5.97 Å². The molecule has 2 aliphatic rings. The van der Waals surface area contributed by atoms with Crippen LogP contribution in [-0.2, 0) is 0 Å². The number of carboxylic acids is 1. The summed E-state index contributed by atoms with van der Waals surface area (Å²) in [5, 5.41) is 9.82. The summed E-state index contributed by atoms with van der Waals surface area (Å²) in [7, 11) is 0. The minimum Gasteiger partial charge on any atom is -0.478 e. The van der Waals surface area contributed by atoms with E-state index >= 15 is 0 Å². The average Bonchev–Trinajstić information content (AvgIpc) is 2.88. The number of anilines is 1. The molecule has 0 radical (unpaired) electrons. The highest BCUT2D eigenvalue weighted by molar-refractivity contribution is 6.34. The predicted octanol–water partition coefficient (Wildman–Crippen LogP) is 3.27. The van der Waals surface area contributed by atoms with Gasteiger partial charge in [-0.2, -0.15) is 0 Å². The van der Waals surface area contributed by atoms with E-state index in [0.29, 0.717) is 16.3 Å². The lowest BCUT2D eigenvalue weighted by atomic mass is 10.0. The Morgan fingerprint density at radius 2 is 1.94 bits per heavy atom. The van der Waals surface area contributed by atoms with Gasteiger partial charge in [0.1, 0.15) is 0 Å². The fourth-order valence-corrected chi connectivity index (χ4v) is 3.72. The van der Waals surface area contributed by atoms with Crippen LogP contribution in [0.25, 0.3) is 0 Å². The van der Waals surface area contributed by atoms with E-state index in [-0.39, 0.29) is 0 Å². The maximum absolute atomic E-state index is 11.3. The molecule has 0 aromatic heterocycles. The summed E-state index contributed by atoms with van der Waals surface area (Å²) in [5.41, 5.74) is 1.03. The number of nitrogens with zero attached hydrogens (tertiary/aromatic N) is 1. The molecule has 0 amide bonds. The third kappa shape index (κ3) is 1.87. The lowest BCUT2D eigenvalue weighted by molar-refractivity contribution is 0.0697. The molecule has 4 heteroatoms. The van der Waals surface area contributed by atoms with Crippen molar-refractivity contribution in [3.63, 3.8) is 0 Å². The molecular formula is C14H16ClNO2. The van der Waals surface area contributed by atoms with Crippen molar-refractivity contribution < 1.29 is 9.90 Å². The number of hydrogen-bond donors (Lipinski definition) is 1. The van der Waals surface area contributed by atoms with E-state index in [1.807, 2.05) is 0 Å². The molecule has 3 nitrogen and oxygen atoms in total. The normalized spacial score (nSPS) is 26.4. The number of halogens is 1. The second-order valence-corrected chi connectivity index (χ2v) is 5.70. The van der Waals surface area contributed by atoms with Crippen LogP contribution in [-0.4, -0.2) is 24.2 Å². The summed E-state index contributed by atoms with van der Waals surface area (Å²) < 4.78 is 0. The molecule has 0 spiro atoms. The van der Waals surface area contributed by atoms with Gasteiger partial charge in [-0.25, -0.2) is 4.79 Å². The van der Waals surface area contributed by atoms with Crippen LogP contribution in [0.15, 0.2) is 18.2 Å². The number of carboxylic acid groups (broad SMARTS) is 1. The molecule has 2 fully saturated rings. The molecule has 3 rings (SSSR count). The van der Waals surface area contributed by atoms with Crippen molar-refractivity contribution in [2.45, 2.75) is 19.3 Å². The Morgan fingerprint density at radius 1 is 1.28 bits per heavy atom. The fraction of sp³-hybridized carbons (Fsp3) is 0.500. The van der Waals surface area contributed by atoms with Gasteiger partial charge in [-0.05, 0) is 36.8 Å². The van der Waals surface area contributed by atoms with Crippen molar-refractivity contribution >= 4 is 23.3 Å². The van der Waals surface area contributed by atoms with Crippen LogP contribution in [0.4, 0.5) is 5.69 Å². The highest BCUT2D eigenvalue weighted by atomic mass is 35.5. The van der Waals surface area contributed by atoms with Crippen molar-refractivity contribution in [2.75, 3.05) is 18.0 Å².